The van der Waals surface area contributed by atoms with Crippen LogP contribution in [0, 0.1) is 0 Å². The maximum Gasteiger partial charge on any atom is 0.352 e. The number of fused-ring (bicyclic) bond motifs is 1. The number of rotatable bonds is 10. The lowest BCUT2D eigenvalue weighted by Gasteiger charge is -2.30. The predicted molar refractivity (Wildman–Crippen MR) is 182 cm³/mol. The molecule has 0 radical (unpaired) electrons. The summed E-state index contributed by atoms with van der Waals surface area (Å²) in [5.74, 6) is -3.02. The molecule has 0 fully saturated rings. The highest BCUT2D eigenvalue weighted by molar-refractivity contribution is 7.93. The van der Waals surface area contributed by atoms with Crippen LogP contribution in [-0.2, 0) is 29.4 Å². The Balaban J connectivity index is 0.000000251. The number of hydrazone groups is 1. The third-order valence-corrected chi connectivity index (χ3v) is 10.6. The number of pyridine rings is 1. The molecule has 0 saturated carbocycles. The number of carbonyl (C=O) groups is 3. The number of amides is 2. The number of sulfone groups is 1. The molecule has 0 bridgehead atoms. The number of hydrogen-bond donors (Lipinski definition) is 4. The van der Waals surface area contributed by atoms with Gasteiger partial charge in [-0.25, -0.2) is 37.5 Å². The van der Waals surface area contributed by atoms with E-state index in [1.807, 2.05) is 0 Å². The monoisotopic (exact) mass is 786 g/mol. The number of sulfonamides is 1. The Morgan fingerprint density at radius 3 is 2.18 bits per heavy atom. The van der Waals surface area contributed by atoms with Crippen molar-refractivity contribution in [3.63, 3.8) is 0 Å². The summed E-state index contributed by atoms with van der Waals surface area (Å²) < 4.78 is 63.5. The van der Waals surface area contributed by atoms with Crippen molar-refractivity contribution in [1.82, 2.24) is 24.1 Å². The Kier molecular flexibility index (Phi) is 11.3. The molecule has 3 aromatic heterocycles. The minimum absolute atomic E-state index is 0.0584. The second-order valence-corrected chi connectivity index (χ2v) is 15.0. The summed E-state index contributed by atoms with van der Waals surface area (Å²) in [5.41, 5.74) is -1.38. The van der Waals surface area contributed by atoms with Gasteiger partial charge in [0.25, 0.3) is 10.0 Å². The van der Waals surface area contributed by atoms with Crippen LogP contribution in [0.5, 0.6) is 11.8 Å². The van der Waals surface area contributed by atoms with E-state index >= 15 is 0 Å². The molecule has 5 rings (SSSR count). The number of nitrogens with zero attached hydrogens (tertiary/aromatic N) is 6. The minimum Gasteiger partial charge on any atom is -0.481 e. The SMILES string of the molecule is CC1(C(=O)O)CC(C(=O)O)=NN1c1ccc(Cl)cc1Cl.CCS(=O)(=O)c1nc2ccccn2c1S(=O)(=O)NC(=O)Nc1nc(OC)cc(OC)n1. The van der Waals surface area contributed by atoms with Gasteiger partial charge >= 0.3 is 18.0 Å². The van der Waals surface area contributed by atoms with Gasteiger partial charge in [0.05, 0.1) is 36.7 Å². The van der Waals surface area contributed by atoms with Crippen molar-refractivity contribution in [2.75, 3.05) is 30.3 Å². The molecule has 1 aliphatic rings. The summed E-state index contributed by atoms with van der Waals surface area (Å²) in [6, 6.07) is 9.07. The number of aromatic nitrogens is 4. The number of benzene rings is 1. The molecule has 1 aliphatic heterocycles. The molecule has 272 valence electrons. The molecule has 1 unspecified atom stereocenters. The lowest BCUT2D eigenvalue weighted by Crippen LogP contribution is -2.47. The van der Waals surface area contributed by atoms with Crippen molar-refractivity contribution < 1.29 is 50.9 Å². The van der Waals surface area contributed by atoms with Crippen LogP contribution in [0.3, 0.4) is 0 Å². The number of carboxylic acid groups (broad SMARTS) is 2. The van der Waals surface area contributed by atoms with Gasteiger partial charge in [0, 0.05) is 17.6 Å². The second kappa shape index (κ2) is 14.9. The number of anilines is 2. The average molecular weight is 788 g/mol. The standard InChI is InChI=1S/C16H18N6O7S2.C12H10Cl2N2O4/c1-4-30(24,25)13-14(22-8-6-5-7-10(22)17-13)31(26,27)21-16(23)20-15-18-11(28-2)9-12(19-15)29-3;1-12(11(19)20)5-8(10(17)18)15-16(12)9-3-2-6(13)4-7(9)14/h5-9H,4H2,1-3H3,(H2,18,19,20,21,23);2-4H,5H2,1H3,(H,17,18)(H,19,20). The number of carboxylic acids is 2. The van der Waals surface area contributed by atoms with E-state index in [0.29, 0.717) is 5.02 Å². The smallest absolute Gasteiger partial charge is 0.352 e. The van der Waals surface area contributed by atoms with E-state index in [9.17, 15) is 36.3 Å². The first-order valence-corrected chi connectivity index (χ1v) is 18.1. The van der Waals surface area contributed by atoms with Crippen LogP contribution in [-0.4, -0.2) is 95.6 Å². The van der Waals surface area contributed by atoms with Gasteiger partial charge in [0.15, 0.2) is 25.4 Å². The molecular formula is C28H28Cl2N8O11S2. The Morgan fingerprint density at radius 2 is 1.63 bits per heavy atom. The Bertz CT molecular complexity index is 2260. The lowest BCUT2D eigenvalue weighted by atomic mass is 9.95. The molecule has 4 N–H and O–H groups in total. The molecule has 0 spiro atoms. The van der Waals surface area contributed by atoms with E-state index in [0.717, 1.165) is 9.41 Å². The molecular weight excluding hydrogens is 759 g/mol. The number of hydrogen-bond acceptors (Lipinski definition) is 14. The van der Waals surface area contributed by atoms with Gasteiger partial charge in [-0.15, -0.1) is 0 Å². The maximum absolute atomic E-state index is 13.0. The Morgan fingerprint density at radius 1 is 0.980 bits per heavy atom. The fourth-order valence-corrected chi connectivity index (χ4v) is 7.58. The van der Waals surface area contributed by atoms with Gasteiger partial charge in [0.1, 0.15) is 11.4 Å². The number of methoxy groups -OCH3 is 2. The number of aliphatic carboxylic acids is 2. The molecule has 19 nitrogen and oxygen atoms in total. The predicted octanol–water partition coefficient (Wildman–Crippen LogP) is 2.93. The second-order valence-electron chi connectivity index (χ2n) is 10.4. The van der Waals surface area contributed by atoms with E-state index in [1.165, 1.54) is 70.7 Å². The minimum atomic E-state index is -4.68. The number of nitrogens with one attached hydrogen (secondary N) is 2. The average Bonchev–Trinajstić information content (AvgIpc) is 3.65. The number of halogens is 2. The summed E-state index contributed by atoms with van der Waals surface area (Å²) in [6.07, 6.45) is 1.09. The molecule has 0 saturated heterocycles. The lowest BCUT2D eigenvalue weighted by molar-refractivity contribution is -0.142. The summed E-state index contributed by atoms with van der Waals surface area (Å²) in [5, 5.41) is 24.7. The Hall–Kier alpha value is -5.25. The topological polar surface area (TPSA) is 261 Å². The summed E-state index contributed by atoms with van der Waals surface area (Å²) in [7, 11) is -6.04. The first-order chi connectivity index (χ1) is 23.9. The summed E-state index contributed by atoms with van der Waals surface area (Å²) in [4.78, 5) is 46.5. The van der Waals surface area contributed by atoms with Gasteiger partial charge in [0.2, 0.25) is 17.7 Å². The van der Waals surface area contributed by atoms with Crippen LogP contribution < -0.4 is 24.5 Å². The largest absolute Gasteiger partial charge is 0.481 e. The molecule has 4 aromatic rings. The van der Waals surface area contributed by atoms with Crippen LogP contribution in [0.1, 0.15) is 20.3 Å². The van der Waals surface area contributed by atoms with Crippen LogP contribution >= 0.6 is 23.2 Å². The quantitative estimate of drug-likeness (QED) is 0.180. The van der Waals surface area contributed by atoms with E-state index in [2.05, 4.69) is 25.4 Å². The highest BCUT2D eigenvalue weighted by Crippen LogP contribution is 2.38. The summed E-state index contributed by atoms with van der Waals surface area (Å²) in [6.45, 7) is 2.74. The zero-order valence-electron chi connectivity index (χ0n) is 26.9. The molecule has 0 aliphatic carbocycles. The number of urea groups is 1. The molecule has 23 heteroatoms. The fraction of sp³-hybridized carbons (Fsp3) is 0.250. The zero-order valence-corrected chi connectivity index (χ0v) is 30.0. The van der Waals surface area contributed by atoms with Crippen molar-refractivity contribution in [3.8, 4) is 11.8 Å². The third-order valence-electron chi connectivity index (χ3n) is 6.98. The van der Waals surface area contributed by atoms with Crippen LogP contribution in [0.25, 0.3) is 5.65 Å². The first-order valence-electron chi connectivity index (χ1n) is 14.2. The van der Waals surface area contributed by atoms with Gasteiger partial charge in [-0.2, -0.15) is 23.5 Å². The van der Waals surface area contributed by atoms with E-state index in [-0.39, 0.29) is 52.0 Å². The summed E-state index contributed by atoms with van der Waals surface area (Å²) >= 11 is 11.8. The molecule has 2 amide bonds. The van der Waals surface area contributed by atoms with Crippen molar-refractivity contribution in [1.29, 1.82) is 0 Å². The van der Waals surface area contributed by atoms with E-state index in [4.69, 9.17) is 37.8 Å². The Labute approximate surface area is 299 Å². The van der Waals surface area contributed by atoms with Crippen molar-refractivity contribution in [3.05, 3.63) is 58.7 Å². The molecule has 1 aromatic carbocycles. The molecule has 51 heavy (non-hydrogen) atoms. The molecule has 4 heterocycles. The van der Waals surface area contributed by atoms with Crippen LogP contribution in [0.15, 0.2) is 63.8 Å². The van der Waals surface area contributed by atoms with Crippen molar-refractivity contribution in [2.24, 2.45) is 5.10 Å². The maximum atomic E-state index is 13.0. The van der Waals surface area contributed by atoms with Gasteiger partial charge in [-0.05, 0) is 37.3 Å². The fourth-order valence-electron chi connectivity index (χ4n) is 4.43. The van der Waals surface area contributed by atoms with Gasteiger partial charge in [-0.3, -0.25) is 9.72 Å². The van der Waals surface area contributed by atoms with Crippen LogP contribution in [0.4, 0.5) is 16.4 Å². The highest BCUT2D eigenvalue weighted by Gasteiger charge is 2.48. The third kappa shape index (κ3) is 8.22. The number of ether oxygens (including phenoxy) is 2. The normalized spacial score (nSPS) is 15.7. The zero-order chi connectivity index (χ0) is 37.9. The van der Waals surface area contributed by atoms with Crippen molar-refractivity contribution in [2.45, 2.75) is 35.9 Å². The van der Waals surface area contributed by atoms with Gasteiger partial charge < -0.3 is 19.7 Å². The highest BCUT2D eigenvalue weighted by atomic mass is 35.5. The van der Waals surface area contributed by atoms with Crippen LogP contribution in [0.2, 0.25) is 10.0 Å². The number of imidazole rings is 1. The van der Waals surface area contributed by atoms with E-state index in [1.54, 1.807) is 10.8 Å². The number of carbonyl (C=O) groups excluding carboxylic acids is 1. The van der Waals surface area contributed by atoms with E-state index < -0.39 is 53.4 Å². The van der Waals surface area contributed by atoms with Crippen molar-refractivity contribution >= 4 is 84.0 Å². The molecule has 1 atom stereocenters. The van der Waals surface area contributed by atoms with Gasteiger partial charge in [-0.1, -0.05) is 36.2 Å². The first kappa shape index (κ1) is 38.6.